The van der Waals surface area contributed by atoms with Gasteiger partial charge in [0.05, 0.1) is 12.0 Å². The first kappa shape index (κ1) is 19.2. The molecule has 3 aromatic rings. The number of nitrogens with one attached hydrogen (secondary N) is 1. The highest BCUT2D eigenvalue weighted by atomic mass is 16.3. The number of hydrogen-bond donors (Lipinski definition) is 1. The molecule has 1 aromatic heterocycles. The van der Waals surface area contributed by atoms with Crippen LogP contribution >= 0.6 is 0 Å². The molecular weight excluding hydrogens is 366 g/mol. The average molecular weight is 391 g/mol. The van der Waals surface area contributed by atoms with Crippen molar-refractivity contribution in [1.29, 1.82) is 0 Å². The van der Waals surface area contributed by atoms with E-state index in [2.05, 4.69) is 10.3 Å². The molecular formula is C23H25N3O3. The maximum Gasteiger partial charge on any atom is 0.226 e. The summed E-state index contributed by atoms with van der Waals surface area (Å²) in [5.41, 5.74) is 3.58. The van der Waals surface area contributed by atoms with E-state index in [4.69, 9.17) is 4.42 Å². The Morgan fingerprint density at radius 3 is 2.66 bits per heavy atom. The minimum atomic E-state index is -0.364. The molecule has 0 bridgehead atoms. The van der Waals surface area contributed by atoms with Crippen LogP contribution in [-0.4, -0.2) is 28.7 Å². The number of para-hydroxylation sites is 2. The predicted molar refractivity (Wildman–Crippen MR) is 110 cm³/mol. The zero-order valence-electron chi connectivity index (χ0n) is 16.9. The predicted octanol–water partition coefficient (Wildman–Crippen LogP) is 3.92. The van der Waals surface area contributed by atoms with Crippen molar-refractivity contribution in [3.05, 3.63) is 65.5 Å². The third-order valence-electron chi connectivity index (χ3n) is 5.66. The fraction of sp³-hybridized carbons (Fsp3) is 0.348. The summed E-state index contributed by atoms with van der Waals surface area (Å²) in [5.74, 6) is 0.121. The van der Waals surface area contributed by atoms with Gasteiger partial charge in [-0.15, -0.1) is 0 Å². The average Bonchev–Trinajstić information content (AvgIpc) is 3.15. The molecule has 1 N–H and O–H groups in total. The van der Waals surface area contributed by atoms with Crippen molar-refractivity contribution in [1.82, 2.24) is 15.2 Å². The van der Waals surface area contributed by atoms with E-state index in [1.165, 1.54) is 0 Å². The molecule has 0 spiro atoms. The molecule has 0 saturated carbocycles. The van der Waals surface area contributed by atoms with Gasteiger partial charge >= 0.3 is 0 Å². The number of carbonyl (C=O) groups excluding carboxylic acids is 2. The normalized spacial score (nSPS) is 20.7. The van der Waals surface area contributed by atoms with E-state index in [1.54, 1.807) is 11.9 Å². The van der Waals surface area contributed by atoms with Crippen LogP contribution in [0.15, 0.2) is 52.9 Å². The van der Waals surface area contributed by atoms with Crippen molar-refractivity contribution in [3.8, 4) is 0 Å². The summed E-state index contributed by atoms with van der Waals surface area (Å²) < 4.78 is 5.79. The molecule has 6 heteroatoms. The van der Waals surface area contributed by atoms with Crippen LogP contribution in [-0.2, 0) is 9.59 Å². The molecule has 1 saturated heterocycles. The number of fused-ring (bicyclic) bond motifs is 1. The Bertz CT molecular complexity index is 1010. The van der Waals surface area contributed by atoms with Crippen molar-refractivity contribution >= 4 is 22.9 Å². The second-order valence-corrected chi connectivity index (χ2v) is 7.76. The van der Waals surface area contributed by atoms with Crippen LogP contribution in [0.5, 0.6) is 0 Å². The van der Waals surface area contributed by atoms with E-state index in [0.29, 0.717) is 24.3 Å². The Labute approximate surface area is 169 Å². The van der Waals surface area contributed by atoms with Gasteiger partial charge in [0.15, 0.2) is 5.58 Å². The third-order valence-corrected chi connectivity index (χ3v) is 5.66. The van der Waals surface area contributed by atoms with Crippen molar-refractivity contribution in [2.75, 3.05) is 7.05 Å². The van der Waals surface area contributed by atoms with E-state index >= 15 is 0 Å². The van der Waals surface area contributed by atoms with Crippen LogP contribution in [0.25, 0.3) is 11.1 Å². The molecule has 29 heavy (non-hydrogen) atoms. The van der Waals surface area contributed by atoms with Crippen LogP contribution in [0.3, 0.4) is 0 Å². The Kier molecular flexibility index (Phi) is 5.09. The molecule has 150 valence electrons. The Morgan fingerprint density at radius 1 is 1.21 bits per heavy atom. The van der Waals surface area contributed by atoms with E-state index in [1.807, 2.05) is 62.4 Å². The third kappa shape index (κ3) is 3.75. The van der Waals surface area contributed by atoms with Gasteiger partial charge in [0, 0.05) is 13.5 Å². The maximum absolute atomic E-state index is 13.2. The number of piperidine rings is 1. The van der Waals surface area contributed by atoms with Gasteiger partial charge in [0.25, 0.3) is 0 Å². The van der Waals surface area contributed by atoms with Gasteiger partial charge in [-0.2, -0.15) is 0 Å². The molecule has 1 fully saturated rings. The fourth-order valence-corrected chi connectivity index (χ4v) is 3.99. The molecule has 1 aliphatic heterocycles. The maximum atomic E-state index is 13.2. The summed E-state index contributed by atoms with van der Waals surface area (Å²) in [7, 11) is 1.77. The number of aryl methyl sites for hydroxylation is 1. The summed E-state index contributed by atoms with van der Waals surface area (Å²) in [6, 6.07) is 14.9. The molecule has 2 amide bonds. The number of aromatic nitrogens is 1. The van der Waals surface area contributed by atoms with Crippen molar-refractivity contribution in [2.45, 2.75) is 38.8 Å². The lowest BCUT2D eigenvalue weighted by atomic mass is 9.83. The highest BCUT2D eigenvalue weighted by molar-refractivity contribution is 5.85. The first-order valence-corrected chi connectivity index (χ1v) is 9.92. The van der Waals surface area contributed by atoms with Crippen molar-refractivity contribution < 1.29 is 14.0 Å². The summed E-state index contributed by atoms with van der Waals surface area (Å²) in [6.45, 7) is 3.88. The lowest BCUT2D eigenvalue weighted by molar-refractivity contribution is -0.141. The molecule has 1 aliphatic rings. The van der Waals surface area contributed by atoms with Gasteiger partial charge < -0.3 is 14.6 Å². The number of likely N-dealkylation sites (tertiary alicyclic amines) is 1. The van der Waals surface area contributed by atoms with Crippen LogP contribution in [0.1, 0.15) is 48.9 Å². The van der Waals surface area contributed by atoms with Crippen molar-refractivity contribution in [2.24, 2.45) is 5.92 Å². The summed E-state index contributed by atoms with van der Waals surface area (Å²) in [4.78, 5) is 31.7. The van der Waals surface area contributed by atoms with Crippen LogP contribution in [0, 0.1) is 12.8 Å². The molecule has 3 unspecified atom stereocenters. The number of hydrogen-bond acceptors (Lipinski definition) is 4. The molecule has 4 rings (SSSR count). The van der Waals surface area contributed by atoms with Gasteiger partial charge in [-0.25, -0.2) is 4.98 Å². The van der Waals surface area contributed by atoms with Crippen molar-refractivity contribution in [3.63, 3.8) is 0 Å². The number of oxazole rings is 1. The standard InChI is InChI=1S/C23H25N3O3/c1-14-8-10-16(11-9-14)21-17(12-13-20(27)26(21)3)22(28)24-15(2)23-25-18-6-4-5-7-19(18)29-23/h4-11,15,17,21H,12-13H2,1-3H3,(H,24,28). The summed E-state index contributed by atoms with van der Waals surface area (Å²) in [6.07, 6.45) is 0.891. The molecule has 2 aromatic carbocycles. The quantitative estimate of drug-likeness (QED) is 0.731. The minimum Gasteiger partial charge on any atom is -0.438 e. The lowest BCUT2D eigenvalue weighted by Crippen LogP contribution is -2.46. The Balaban J connectivity index is 1.56. The monoisotopic (exact) mass is 391 g/mol. The SMILES string of the molecule is Cc1ccc(C2C(C(=O)NC(C)c3nc4ccccc4o3)CCC(=O)N2C)cc1. The van der Waals surface area contributed by atoms with E-state index in [9.17, 15) is 9.59 Å². The largest absolute Gasteiger partial charge is 0.438 e. The van der Waals surface area contributed by atoms with Crippen LogP contribution in [0.2, 0.25) is 0 Å². The zero-order chi connectivity index (χ0) is 20.5. The second-order valence-electron chi connectivity index (χ2n) is 7.76. The number of amides is 2. The molecule has 0 radical (unpaired) electrons. The van der Waals surface area contributed by atoms with Gasteiger partial charge in [-0.05, 0) is 38.0 Å². The first-order valence-electron chi connectivity index (χ1n) is 9.92. The smallest absolute Gasteiger partial charge is 0.226 e. The fourth-order valence-electron chi connectivity index (χ4n) is 3.99. The summed E-state index contributed by atoms with van der Waals surface area (Å²) >= 11 is 0. The Hall–Kier alpha value is -3.15. The highest BCUT2D eigenvalue weighted by Gasteiger charge is 2.39. The molecule has 3 atom stereocenters. The van der Waals surface area contributed by atoms with Crippen LogP contribution in [0.4, 0.5) is 0 Å². The minimum absolute atomic E-state index is 0.0617. The van der Waals surface area contributed by atoms with Gasteiger partial charge in [-0.3, -0.25) is 9.59 Å². The van der Waals surface area contributed by atoms with E-state index in [0.717, 1.165) is 16.6 Å². The second kappa shape index (κ2) is 7.70. The number of carbonyl (C=O) groups is 2. The number of benzene rings is 2. The van der Waals surface area contributed by atoms with Gasteiger partial charge in [-0.1, -0.05) is 42.0 Å². The number of nitrogens with zero attached hydrogens (tertiary/aromatic N) is 2. The van der Waals surface area contributed by atoms with Crippen LogP contribution < -0.4 is 5.32 Å². The molecule has 6 nitrogen and oxygen atoms in total. The van der Waals surface area contributed by atoms with E-state index < -0.39 is 0 Å². The zero-order valence-corrected chi connectivity index (χ0v) is 16.9. The Morgan fingerprint density at radius 2 is 1.93 bits per heavy atom. The topological polar surface area (TPSA) is 75.4 Å². The highest BCUT2D eigenvalue weighted by Crippen LogP contribution is 2.36. The van der Waals surface area contributed by atoms with Gasteiger partial charge in [0.1, 0.15) is 11.6 Å². The lowest BCUT2D eigenvalue weighted by Gasteiger charge is -2.38. The number of rotatable bonds is 4. The molecule has 2 heterocycles. The summed E-state index contributed by atoms with van der Waals surface area (Å²) in [5, 5.41) is 3.04. The molecule has 0 aliphatic carbocycles. The van der Waals surface area contributed by atoms with E-state index in [-0.39, 0.29) is 29.8 Å². The van der Waals surface area contributed by atoms with Gasteiger partial charge in [0.2, 0.25) is 17.7 Å². The first-order chi connectivity index (χ1) is 13.9.